The lowest BCUT2D eigenvalue weighted by Crippen LogP contribution is -2.20. The first-order valence-corrected chi connectivity index (χ1v) is 5.99. The van der Waals surface area contributed by atoms with Crippen molar-refractivity contribution in [2.75, 3.05) is 11.9 Å². The molecule has 1 heterocycles. The second-order valence-electron chi connectivity index (χ2n) is 3.83. The lowest BCUT2D eigenvalue weighted by molar-refractivity contribution is -0.118. The number of aromatic nitrogens is 2. The fourth-order valence-electron chi connectivity index (χ4n) is 1.39. The summed E-state index contributed by atoms with van der Waals surface area (Å²) < 4.78 is 5.18. The largest absolute Gasteiger partial charge is 0.453 e. The molecule has 1 N–H and O–H groups in total. The Labute approximate surface area is 115 Å². The number of benzene rings is 1. The second kappa shape index (κ2) is 6.15. The number of carbonyl (C=O) groups excluding carboxylic acids is 1. The topological polar surface area (TPSA) is 64.1 Å². The molecule has 1 aromatic heterocycles. The van der Waals surface area contributed by atoms with E-state index in [0.29, 0.717) is 10.7 Å². The number of aryl methyl sites for hydroxylation is 1. The van der Waals surface area contributed by atoms with Gasteiger partial charge in [-0.1, -0.05) is 17.7 Å². The van der Waals surface area contributed by atoms with Gasteiger partial charge < -0.3 is 10.1 Å². The van der Waals surface area contributed by atoms with Crippen molar-refractivity contribution < 1.29 is 9.53 Å². The van der Waals surface area contributed by atoms with E-state index >= 15 is 0 Å². The molecule has 0 fully saturated rings. The average Bonchev–Trinajstić information content (AvgIpc) is 2.36. The Morgan fingerprint density at radius 1 is 1.42 bits per heavy atom. The highest BCUT2D eigenvalue weighted by Crippen LogP contribution is 2.14. The van der Waals surface area contributed by atoms with Crippen LogP contribution in [0.25, 0.3) is 0 Å². The van der Waals surface area contributed by atoms with E-state index in [1.807, 2.05) is 6.92 Å². The number of carbonyl (C=O) groups is 1. The van der Waals surface area contributed by atoms with Crippen LogP contribution in [-0.4, -0.2) is 22.5 Å². The Bertz CT molecular complexity index is 590. The van der Waals surface area contributed by atoms with Gasteiger partial charge in [0.1, 0.15) is 0 Å². The van der Waals surface area contributed by atoms with Crippen molar-refractivity contribution in [3.8, 4) is 6.01 Å². The van der Waals surface area contributed by atoms with Gasteiger partial charge in [0, 0.05) is 22.6 Å². The average molecular weight is 278 g/mol. The third-order valence-corrected chi connectivity index (χ3v) is 2.45. The first-order chi connectivity index (χ1) is 9.13. The normalized spacial score (nSPS) is 10.0. The maximum absolute atomic E-state index is 11.6. The molecule has 0 atom stereocenters. The summed E-state index contributed by atoms with van der Waals surface area (Å²) in [5, 5.41) is 3.22. The lowest BCUT2D eigenvalue weighted by Gasteiger charge is -2.06. The predicted octanol–water partition coefficient (Wildman–Crippen LogP) is 2.46. The molecule has 6 heteroatoms. The Hall–Kier alpha value is -2.14. The molecule has 1 amide bonds. The minimum Gasteiger partial charge on any atom is -0.453 e. The van der Waals surface area contributed by atoms with Gasteiger partial charge in [-0.05, 0) is 31.2 Å². The van der Waals surface area contributed by atoms with Gasteiger partial charge in [-0.3, -0.25) is 4.79 Å². The molecule has 0 spiro atoms. The Balaban J connectivity index is 1.88. The number of amides is 1. The zero-order chi connectivity index (χ0) is 13.7. The monoisotopic (exact) mass is 277 g/mol. The second-order valence-corrected chi connectivity index (χ2v) is 4.26. The van der Waals surface area contributed by atoms with Gasteiger partial charge in [0.15, 0.2) is 6.61 Å². The van der Waals surface area contributed by atoms with Crippen LogP contribution in [0.1, 0.15) is 5.69 Å². The number of nitrogens with zero attached hydrogens (tertiary/aromatic N) is 2. The molecule has 2 aromatic rings. The highest BCUT2D eigenvalue weighted by molar-refractivity contribution is 6.30. The Kier molecular flexibility index (Phi) is 4.30. The van der Waals surface area contributed by atoms with Crippen molar-refractivity contribution >= 4 is 23.2 Å². The van der Waals surface area contributed by atoms with E-state index in [1.54, 1.807) is 36.5 Å². The molecule has 0 bridgehead atoms. The molecule has 0 aliphatic heterocycles. The smallest absolute Gasteiger partial charge is 0.317 e. The zero-order valence-electron chi connectivity index (χ0n) is 10.3. The molecule has 0 unspecified atom stereocenters. The van der Waals surface area contributed by atoms with Gasteiger partial charge in [0.2, 0.25) is 0 Å². The summed E-state index contributed by atoms with van der Waals surface area (Å²) in [4.78, 5) is 19.6. The number of rotatable bonds is 4. The van der Waals surface area contributed by atoms with E-state index in [1.165, 1.54) is 0 Å². The van der Waals surface area contributed by atoms with Gasteiger partial charge >= 0.3 is 6.01 Å². The van der Waals surface area contributed by atoms with E-state index in [4.69, 9.17) is 16.3 Å². The Morgan fingerprint density at radius 3 is 3.00 bits per heavy atom. The maximum atomic E-state index is 11.6. The molecular weight excluding hydrogens is 266 g/mol. The first-order valence-electron chi connectivity index (χ1n) is 5.61. The van der Waals surface area contributed by atoms with Crippen LogP contribution in [0, 0.1) is 6.92 Å². The molecule has 0 radical (unpaired) electrons. The summed E-state index contributed by atoms with van der Waals surface area (Å²) in [6.07, 6.45) is 1.58. The molecule has 0 saturated heterocycles. The summed E-state index contributed by atoms with van der Waals surface area (Å²) in [5.74, 6) is -0.299. The third kappa shape index (κ3) is 4.22. The quantitative estimate of drug-likeness (QED) is 0.932. The number of hydrogen-bond donors (Lipinski definition) is 1. The van der Waals surface area contributed by atoms with Gasteiger partial charge in [0.05, 0.1) is 0 Å². The SMILES string of the molecule is Cc1ccnc(OCC(=O)Nc2cccc(Cl)c2)n1. The molecule has 98 valence electrons. The van der Waals surface area contributed by atoms with Crippen LogP contribution in [0.2, 0.25) is 5.02 Å². The molecular formula is C13H12ClN3O2. The predicted molar refractivity (Wildman–Crippen MR) is 72.3 cm³/mol. The first kappa shape index (κ1) is 13.3. The minimum atomic E-state index is -0.299. The number of ether oxygens (including phenoxy) is 1. The summed E-state index contributed by atoms with van der Waals surface area (Å²) >= 11 is 5.82. The van der Waals surface area contributed by atoms with Crippen LogP contribution in [0.3, 0.4) is 0 Å². The third-order valence-electron chi connectivity index (χ3n) is 2.21. The molecule has 5 nitrogen and oxygen atoms in total. The van der Waals surface area contributed by atoms with E-state index < -0.39 is 0 Å². The van der Waals surface area contributed by atoms with E-state index in [-0.39, 0.29) is 18.5 Å². The fraction of sp³-hybridized carbons (Fsp3) is 0.154. The van der Waals surface area contributed by atoms with Crippen LogP contribution < -0.4 is 10.1 Å². The summed E-state index contributed by atoms with van der Waals surface area (Å²) in [6, 6.07) is 8.81. The van der Waals surface area contributed by atoms with Gasteiger partial charge in [-0.15, -0.1) is 0 Å². The van der Waals surface area contributed by atoms with Gasteiger partial charge in [0.25, 0.3) is 5.91 Å². The lowest BCUT2D eigenvalue weighted by atomic mass is 10.3. The summed E-state index contributed by atoms with van der Waals surface area (Å²) in [6.45, 7) is 1.66. The number of halogens is 1. The minimum absolute atomic E-state index is 0.157. The summed E-state index contributed by atoms with van der Waals surface area (Å²) in [5.41, 5.74) is 1.39. The maximum Gasteiger partial charge on any atom is 0.317 e. The van der Waals surface area contributed by atoms with Gasteiger partial charge in [-0.25, -0.2) is 9.97 Å². The molecule has 0 aliphatic carbocycles. The highest BCUT2D eigenvalue weighted by Gasteiger charge is 2.05. The summed E-state index contributed by atoms with van der Waals surface area (Å²) in [7, 11) is 0. The van der Waals surface area contributed by atoms with Crippen molar-refractivity contribution in [3.05, 3.63) is 47.2 Å². The molecule has 2 rings (SSSR count). The van der Waals surface area contributed by atoms with Crippen LogP contribution in [0.15, 0.2) is 36.5 Å². The van der Waals surface area contributed by atoms with Crippen molar-refractivity contribution in [1.82, 2.24) is 9.97 Å². The van der Waals surface area contributed by atoms with Crippen LogP contribution in [-0.2, 0) is 4.79 Å². The highest BCUT2D eigenvalue weighted by atomic mass is 35.5. The number of hydrogen-bond acceptors (Lipinski definition) is 4. The number of nitrogens with one attached hydrogen (secondary N) is 1. The van der Waals surface area contributed by atoms with Crippen LogP contribution >= 0.6 is 11.6 Å². The van der Waals surface area contributed by atoms with Crippen molar-refractivity contribution in [1.29, 1.82) is 0 Å². The zero-order valence-corrected chi connectivity index (χ0v) is 11.0. The fourth-order valence-corrected chi connectivity index (χ4v) is 1.58. The number of anilines is 1. The molecule has 1 aromatic carbocycles. The van der Waals surface area contributed by atoms with Gasteiger partial charge in [-0.2, -0.15) is 0 Å². The van der Waals surface area contributed by atoms with E-state index in [2.05, 4.69) is 15.3 Å². The molecule has 19 heavy (non-hydrogen) atoms. The van der Waals surface area contributed by atoms with Crippen molar-refractivity contribution in [2.24, 2.45) is 0 Å². The molecule has 0 aliphatic rings. The van der Waals surface area contributed by atoms with E-state index in [0.717, 1.165) is 5.69 Å². The van der Waals surface area contributed by atoms with Crippen LogP contribution in [0.5, 0.6) is 6.01 Å². The van der Waals surface area contributed by atoms with Crippen LogP contribution in [0.4, 0.5) is 5.69 Å². The van der Waals surface area contributed by atoms with Crippen molar-refractivity contribution in [2.45, 2.75) is 6.92 Å². The van der Waals surface area contributed by atoms with Crippen molar-refractivity contribution in [3.63, 3.8) is 0 Å². The molecule has 0 saturated carbocycles. The Morgan fingerprint density at radius 2 is 2.26 bits per heavy atom. The standard InChI is InChI=1S/C13H12ClN3O2/c1-9-5-6-15-13(16-9)19-8-12(18)17-11-4-2-3-10(14)7-11/h2-7H,8H2,1H3,(H,17,18). The van der Waals surface area contributed by atoms with E-state index in [9.17, 15) is 4.79 Å².